The van der Waals surface area contributed by atoms with E-state index in [-0.39, 0.29) is 5.91 Å². The lowest BCUT2D eigenvalue weighted by atomic mass is 10.1. The molecular formula is C23H23N5O. The molecule has 2 aromatic carbocycles. The van der Waals surface area contributed by atoms with Gasteiger partial charge in [0.05, 0.1) is 18.0 Å². The molecule has 0 unspecified atom stereocenters. The van der Waals surface area contributed by atoms with Gasteiger partial charge in [0.25, 0.3) is 5.91 Å². The number of nitrogens with one attached hydrogen (secondary N) is 2. The van der Waals surface area contributed by atoms with E-state index in [1.165, 1.54) is 5.56 Å². The third-order valence-corrected chi connectivity index (χ3v) is 4.91. The monoisotopic (exact) mass is 385 g/mol. The lowest BCUT2D eigenvalue weighted by molar-refractivity contribution is 0.0954. The molecule has 1 amide bonds. The number of hydrogen-bond acceptors (Lipinski definition) is 4. The van der Waals surface area contributed by atoms with Gasteiger partial charge in [-0.3, -0.25) is 4.79 Å². The highest BCUT2D eigenvalue weighted by molar-refractivity contribution is 5.95. The number of fused-ring (bicyclic) bond motifs is 1. The average molecular weight is 385 g/mol. The van der Waals surface area contributed by atoms with Crippen LogP contribution in [0.1, 0.15) is 21.5 Å². The quantitative estimate of drug-likeness (QED) is 0.526. The number of pyridine rings is 1. The van der Waals surface area contributed by atoms with Crippen LogP contribution in [0.25, 0.3) is 11.0 Å². The van der Waals surface area contributed by atoms with Gasteiger partial charge in [0.2, 0.25) is 0 Å². The van der Waals surface area contributed by atoms with E-state index in [0.29, 0.717) is 12.1 Å². The number of nitrogens with zero attached hydrogens (tertiary/aromatic N) is 3. The molecule has 0 aliphatic rings. The summed E-state index contributed by atoms with van der Waals surface area (Å²) in [5.74, 6) is 0.675. The van der Waals surface area contributed by atoms with Gasteiger partial charge in [-0.2, -0.15) is 0 Å². The summed E-state index contributed by atoms with van der Waals surface area (Å²) < 4.78 is 1.96. The second-order valence-electron chi connectivity index (χ2n) is 7.06. The zero-order valence-corrected chi connectivity index (χ0v) is 16.5. The molecule has 0 fully saturated rings. The van der Waals surface area contributed by atoms with Gasteiger partial charge in [0.15, 0.2) is 0 Å². The Morgan fingerprint density at radius 1 is 1.07 bits per heavy atom. The summed E-state index contributed by atoms with van der Waals surface area (Å²) in [6, 6.07) is 17.7. The van der Waals surface area contributed by atoms with Crippen molar-refractivity contribution in [3.63, 3.8) is 0 Å². The smallest absolute Gasteiger partial charge is 0.251 e. The van der Waals surface area contributed by atoms with E-state index < -0.39 is 0 Å². The van der Waals surface area contributed by atoms with Crippen molar-refractivity contribution in [3.8, 4) is 0 Å². The Balaban J connectivity index is 1.41. The molecule has 0 atom stereocenters. The van der Waals surface area contributed by atoms with Gasteiger partial charge >= 0.3 is 0 Å². The number of carbonyl (C=O) groups excluding carboxylic acids is 1. The van der Waals surface area contributed by atoms with Gasteiger partial charge in [-0.05, 0) is 42.7 Å². The number of amides is 1. The second kappa shape index (κ2) is 8.14. The van der Waals surface area contributed by atoms with Gasteiger partial charge in [-0.1, -0.05) is 30.3 Å². The zero-order valence-electron chi connectivity index (χ0n) is 16.5. The Morgan fingerprint density at radius 2 is 1.90 bits per heavy atom. The van der Waals surface area contributed by atoms with Crippen molar-refractivity contribution in [1.82, 2.24) is 19.9 Å². The predicted octanol–water partition coefficient (Wildman–Crippen LogP) is 3.99. The molecule has 0 aliphatic heterocycles. The number of rotatable bonds is 6. The van der Waals surface area contributed by atoms with Crippen LogP contribution in [0.5, 0.6) is 0 Å². The first-order valence-corrected chi connectivity index (χ1v) is 9.57. The fourth-order valence-corrected chi connectivity index (χ4v) is 3.25. The highest BCUT2D eigenvalue weighted by atomic mass is 16.1. The van der Waals surface area contributed by atoms with Crippen molar-refractivity contribution in [1.29, 1.82) is 0 Å². The first kappa shape index (κ1) is 18.7. The number of carbonyl (C=O) groups is 1. The summed E-state index contributed by atoms with van der Waals surface area (Å²) in [5, 5.41) is 6.31. The van der Waals surface area contributed by atoms with Crippen molar-refractivity contribution in [3.05, 3.63) is 83.8 Å². The summed E-state index contributed by atoms with van der Waals surface area (Å²) in [6.45, 7) is 2.59. The Hall–Kier alpha value is -3.67. The SMILES string of the molecule is Cc1cc(C(=O)NCCc2ccccc2)ccc1Nc1cc2c(cn1)ncn2C. The van der Waals surface area contributed by atoms with Gasteiger partial charge in [-0.25, -0.2) is 9.97 Å². The molecule has 4 aromatic rings. The first-order valence-electron chi connectivity index (χ1n) is 9.57. The molecule has 2 heterocycles. The third kappa shape index (κ3) is 4.27. The molecule has 29 heavy (non-hydrogen) atoms. The van der Waals surface area contributed by atoms with Crippen LogP contribution in [0.3, 0.4) is 0 Å². The Morgan fingerprint density at radius 3 is 2.69 bits per heavy atom. The minimum atomic E-state index is -0.0648. The summed E-state index contributed by atoms with van der Waals surface area (Å²) in [5.41, 5.74) is 5.62. The zero-order chi connectivity index (χ0) is 20.2. The lowest BCUT2D eigenvalue weighted by Crippen LogP contribution is -2.25. The Bertz CT molecular complexity index is 1150. The number of benzene rings is 2. The van der Waals surface area contributed by atoms with Crippen LogP contribution < -0.4 is 10.6 Å². The van der Waals surface area contributed by atoms with E-state index in [1.807, 2.05) is 61.0 Å². The molecule has 6 heteroatoms. The fraction of sp³-hybridized carbons (Fsp3) is 0.174. The maximum absolute atomic E-state index is 12.5. The molecule has 2 aromatic heterocycles. The third-order valence-electron chi connectivity index (χ3n) is 4.91. The molecule has 0 aliphatic carbocycles. The highest BCUT2D eigenvalue weighted by Gasteiger charge is 2.09. The topological polar surface area (TPSA) is 71.8 Å². The highest BCUT2D eigenvalue weighted by Crippen LogP contribution is 2.22. The average Bonchev–Trinajstić information content (AvgIpc) is 3.10. The van der Waals surface area contributed by atoms with Crippen LogP contribution in [0.15, 0.2) is 67.1 Å². The van der Waals surface area contributed by atoms with E-state index in [0.717, 1.165) is 34.5 Å². The van der Waals surface area contributed by atoms with Crippen molar-refractivity contribution in [2.24, 2.45) is 7.05 Å². The van der Waals surface area contributed by atoms with E-state index in [1.54, 1.807) is 12.5 Å². The molecule has 2 N–H and O–H groups in total. The number of anilines is 2. The van der Waals surface area contributed by atoms with Crippen molar-refractivity contribution in [2.45, 2.75) is 13.3 Å². The molecule has 0 saturated carbocycles. The lowest BCUT2D eigenvalue weighted by Gasteiger charge is -2.11. The van der Waals surface area contributed by atoms with E-state index in [4.69, 9.17) is 0 Å². The normalized spacial score (nSPS) is 10.8. The van der Waals surface area contributed by atoms with Crippen LogP contribution in [0.2, 0.25) is 0 Å². The maximum atomic E-state index is 12.5. The molecule has 0 spiro atoms. The van der Waals surface area contributed by atoms with Crippen LogP contribution in [-0.4, -0.2) is 27.0 Å². The van der Waals surface area contributed by atoms with Crippen molar-refractivity contribution in [2.75, 3.05) is 11.9 Å². The largest absolute Gasteiger partial charge is 0.352 e. The fourth-order valence-electron chi connectivity index (χ4n) is 3.25. The van der Waals surface area contributed by atoms with Crippen LogP contribution in [0, 0.1) is 6.92 Å². The molecule has 0 bridgehead atoms. The van der Waals surface area contributed by atoms with E-state index in [2.05, 4.69) is 32.7 Å². The van der Waals surface area contributed by atoms with E-state index >= 15 is 0 Å². The van der Waals surface area contributed by atoms with Crippen LogP contribution in [0.4, 0.5) is 11.5 Å². The van der Waals surface area contributed by atoms with Gasteiger partial charge < -0.3 is 15.2 Å². The number of imidazole rings is 1. The summed E-state index contributed by atoms with van der Waals surface area (Å²) >= 11 is 0. The number of aromatic nitrogens is 3. The van der Waals surface area contributed by atoms with Gasteiger partial charge in [0.1, 0.15) is 11.3 Å². The summed E-state index contributed by atoms with van der Waals surface area (Å²) in [6.07, 6.45) is 4.33. The Kier molecular flexibility index (Phi) is 5.24. The predicted molar refractivity (Wildman–Crippen MR) is 115 cm³/mol. The molecule has 146 valence electrons. The number of hydrogen-bond donors (Lipinski definition) is 2. The van der Waals surface area contributed by atoms with Crippen LogP contribution >= 0.6 is 0 Å². The molecule has 4 rings (SSSR count). The maximum Gasteiger partial charge on any atom is 0.251 e. The minimum Gasteiger partial charge on any atom is -0.352 e. The van der Waals surface area contributed by atoms with Crippen molar-refractivity contribution < 1.29 is 4.79 Å². The summed E-state index contributed by atoms with van der Waals surface area (Å²) in [7, 11) is 1.95. The molecule has 0 saturated heterocycles. The summed E-state index contributed by atoms with van der Waals surface area (Å²) in [4.78, 5) is 21.2. The molecule has 6 nitrogen and oxygen atoms in total. The molecular weight excluding hydrogens is 362 g/mol. The second-order valence-corrected chi connectivity index (χ2v) is 7.06. The van der Waals surface area contributed by atoms with Gasteiger partial charge in [-0.15, -0.1) is 0 Å². The van der Waals surface area contributed by atoms with Crippen molar-refractivity contribution >= 4 is 28.4 Å². The minimum absolute atomic E-state index is 0.0648. The van der Waals surface area contributed by atoms with Gasteiger partial charge in [0, 0.05) is 30.9 Å². The van der Waals surface area contributed by atoms with Crippen LogP contribution in [-0.2, 0) is 13.5 Å². The Labute approximate surface area is 169 Å². The number of aryl methyl sites for hydroxylation is 2. The van der Waals surface area contributed by atoms with E-state index in [9.17, 15) is 4.79 Å². The standard InChI is InChI=1S/C23H23N5O/c1-16-12-18(23(29)24-11-10-17-6-4-3-5-7-17)8-9-19(16)27-22-13-21-20(14-25-22)26-15-28(21)2/h3-9,12-15H,10-11H2,1-2H3,(H,24,29)(H,25,27). The first-order chi connectivity index (χ1) is 14.1. The molecule has 0 radical (unpaired) electrons.